The first-order valence-electron chi connectivity index (χ1n) is 10.7. The molecule has 0 radical (unpaired) electrons. The van der Waals surface area contributed by atoms with Crippen molar-refractivity contribution in [2.24, 2.45) is 0 Å². The van der Waals surface area contributed by atoms with Crippen molar-refractivity contribution in [3.63, 3.8) is 0 Å². The van der Waals surface area contributed by atoms with Crippen molar-refractivity contribution in [2.75, 3.05) is 6.54 Å². The lowest BCUT2D eigenvalue weighted by molar-refractivity contribution is -0.385. The molecule has 1 amide bonds. The van der Waals surface area contributed by atoms with Crippen LogP contribution < -0.4 is 10.6 Å². The van der Waals surface area contributed by atoms with Gasteiger partial charge in [-0.25, -0.2) is 14.4 Å². The van der Waals surface area contributed by atoms with Gasteiger partial charge in [0.2, 0.25) is 0 Å². The molecule has 186 valence electrons. The highest BCUT2D eigenvalue weighted by Crippen LogP contribution is 2.54. The number of aromatic carboxylic acids is 1. The number of amides is 1. The second-order valence-electron chi connectivity index (χ2n) is 8.69. The summed E-state index contributed by atoms with van der Waals surface area (Å²) in [7, 11) is 0. The van der Waals surface area contributed by atoms with Crippen molar-refractivity contribution in [3.8, 4) is 0 Å². The fourth-order valence-corrected chi connectivity index (χ4v) is 4.92. The minimum absolute atomic E-state index is 0.144. The molecule has 0 aliphatic carbocycles. The molecule has 0 bridgehead atoms. The maximum absolute atomic E-state index is 13.0. The molecule has 2 heterocycles. The highest BCUT2D eigenvalue weighted by atomic mass is 16.6. The van der Waals surface area contributed by atoms with Crippen molar-refractivity contribution >= 4 is 29.5 Å². The van der Waals surface area contributed by atoms with Crippen LogP contribution in [0.1, 0.15) is 46.0 Å². The molecule has 0 spiro atoms. The molecule has 0 aromatic heterocycles. The molecule has 2 aromatic rings. The van der Waals surface area contributed by atoms with Gasteiger partial charge in [0.15, 0.2) is 11.1 Å². The average molecular weight is 495 g/mol. The number of carbonyl (C=O) groups excluding carboxylic acids is 2. The van der Waals surface area contributed by atoms with E-state index in [2.05, 4.69) is 10.6 Å². The highest BCUT2D eigenvalue weighted by Gasteiger charge is 2.73. The molecule has 2 unspecified atom stereocenters. The summed E-state index contributed by atoms with van der Waals surface area (Å²) >= 11 is 0. The minimum atomic E-state index is -1.69. The average Bonchev–Trinajstić information content (AvgIpc) is 2.83. The van der Waals surface area contributed by atoms with Gasteiger partial charge in [0.25, 0.3) is 11.6 Å². The maximum atomic E-state index is 13.0. The van der Waals surface area contributed by atoms with E-state index in [0.29, 0.717) is 0 Å². The van der Waals surface area contributed by atoms with Crippen molar-refractivity contribution in [1.29, 1.82) is 0 Å². The second kappa shape index (κ2) is 8.48. The topological polar surface area (TPSA) is 185 Å². The van der Waals surface area contributed by atoms with E-state index in [-0.39, 0.29) is 33.6 Å². The fourth-order valence-electron chi connectivity index (χ4n) is 4.92. The van der Waals surface area contributed by atoms with Crippen molar-refractivity contribution in [1.82, 2.24) is 10.6 Å². The fraction of sp³-hybridized carbons (Fsp3) is 0.250. The Labute approximate surface area is 203 Å². The largest absolute Gasteiger partial charge is 0.478 e. The monoisotopic (exact) mass is 495 g/mol. The van der Waals surface area contributed by atoms with Gasteiger partial charge < -0.3 is 25.6 Å². The number of hydrogen-bond acceptors (Lipinski definition) is 8. The molecule has 4 rings (SSSR count). The second-order valence-corrected chi connectivity index (χ2v) is 8.69. The lowest BCUT2D eigenvalue weighted by Gasteiger charge is -2.61. The number of ether oxygens (including phenoxy) is 1. The number of nitro benzene ring substituents is 1. The van der Waals surface area contributed by atoms with E-state index < -0.39 is 52.3 Å². The highest BCUT2D eigenvalue weighted by molar-refractivity contribution is 6.05. The van der Waals surface area contributed by atoms with Crippen LogP contribution in [0.15, 0.2) is 59.8 Å². The quantitative estimate of drug-likeness (QED) is 0.251. The standard InChI is InChI=1S/C24H21N3O9/c1-12-17(21(31)32)18(13-6-5-7-14(10-13)27(34)35)24(23(2,26-12)22(33)36-24)11-25-19(28)15-8-3-4-9-16(15)20(29)30/h3-10,18,26H,11H2,1-2H3,(H,25,28)(H,29,30)(H,31,32)/t18-,23?,24?/m1/s1. The van der Waals surface area contributed by atoms with Crippen LogP contribution in [0.5, 0.6) is 0 Å². The number of allylic oxidation sites excluding steroid dienone is 1. The number of carboxylic acid groups (broad SMARTS) is 2. The van der Waals surface area contributed by atoms with Crippen molar-refractivity contribution in [2.45, 2.75) is 30.9 Å². The number of fused-ring (bicyclic) bond motifs is 1. The third-order valence-electron chi connectivity index (χ3n) is 6.68. The van der Waals surface area contributed by atoms with Gasteiger partial charge in [0.1, 0.15) is 0 Å². The number of hydrogen-bond donors (Lipinski definition) is 4. The third kappa shape index (κ3) is 3.54. The molecule has 4 N–H and O–H groups in total. The minimum Gasteiger partial charge on any atom is -0.478 e. The molecule has 12 heteroatoms. The molecule has 2 aliphatic rings. The lowest BCUT2D eigenvalue weighted by atomic mass is 9.60. The van der Waals surface area contributed by atoms with Crippen LogP contribution in [0, 0.1) is 10.1 Å². The van der Waals surface area contributed by atoms with Gasteiger partial charge in [-0.3, -0.25) is 14.9 Å². The van der Waals surface area contributed by atoms with Gasteiger partial charge in [0, 0.05) is 17.8 Å². The lowest BCUT2D eigenvalue weighted by Crippen LogP contribution is -2.83. The molecule has 12 nitrogen and oxygen atoms in total. The summed E-state index contributed by atoms with van der Waals surface area (Å²) in [6, 6.07) is 10.8. The molecular formula is C24H21N3O9. The molecule has 1 fully saturated rings. The number of nitrogens with zero attached hydrogens (tertiary/aromatic N) is 1. The van der Waals surface area contributed by atoms with E-state index in [4.69, 9.17) is 4.74 Å². The van der Waals surface area contributed by atoms with Crippen LogP contribution in [0.4, 0.5) is 5.69 Å². The summed E-state index contributed by atoms with van der Waals surface area (Å²) in [5.74, 6) is -5.35. The SMILES string of the molecule is CC1=C(C(=O)O)[C@@H](c2cccc([N+](=O)[O-])c2)C2(CNC(=O)c3ccccc3C(=O)O)OC(=O)C2(C)N1. The molecule has 2 aliphatic heterocycles. The zero-order valence-corrected chi connectivity index (χ0v) is 19.1. The third-order valence-corrected chi connectivity index (χ3v) is 6.68. The first-order chi connectivity index (χ1) is 16.9. The Morgan fingerprint density at radius 1 is 1.11 bits per heavy atom. The Morgan fingerprint density at radius 3 is 2.36 bits per heavy atom. The Bertz CT molecular complexity index is 1370. The molecule has 0 saturated carbocycles. The number of aliphatic carboxylic acids is 1. The van der Waals surface area contributed by atoms with Crippen LogP contribution in [-0.4, -0.2) is 56.6 Å². The van der Waals surface area contributed by atoms with Crippen LogP contribution in [0.25, 0.3) is 0 Å². The van der Waals surface area contributed by atoms with Crippen molar-refractivity contribution < 1.29 is 39.1 Å². The van der Waals surface area contributed by atoms with E-state index in [9.17, 15) is 39.5 Å². The predicted molar refractivity (Wildman–Crippen MR) is 122 cm³/mol. The van der Waals surface area contributed by atoms with Gasteiger partial charge in [-0.2, -0.15) is 0 Å². The first-order valence-corrected chi connectivity index (χ1v) is 10.7. The first kappa shape index (κ1) is 24.4. The van der Waals surface area contributed by atoms with Gasteiger partial charge in [-0.1, -0.05) is 24.3 Å². The van der Waals surface area contributed by atoms with E-state index >= 15 is 0 Å². The number of esters is 1. The number of non-ortho nitro benzene ring substituents is 1. The Hall–Kier alpha value is -4.74. The maximum Gasteiger partial charge on any atom is 0.336 e. The summed E-state index contributed by atoms with van der Waals surface area (Å²) in [4.78, 5) is 60.3. The van der Waals surface area contributed by atoms with E-state index in [0.717, 1.165) is 0 Å². The van der Waals surface area contributed by atoms with Crippen LogP contribution >= 0.6 is 0 Å². The molecule has 1 saturated heterocycles. The normalized spacial score (nSPS) is 24.5. The van der Waals surface area contributed by atoms with Gasteiger partial charge in [-0.15, -0.1) is 0 Å². The van der Waals surface area contributed by atoms with E-state index in [1.54, 1.807) is 0 Å². The molecule has 36 heavy (non-hydrogen) atoms. The summed E-state index contributed by atoms with van der Waals surface area (Å²) in [5.41, 5.74) is -3.71. The van der Waals surface area contributed by atoms with Gasteiger partial charge >= 0.3 is 17.9 Å². The summed E-state index contributed by atoms with van der Waals surface area (Å²) in [6.07, 6.45) is 0. The van der Waals surface area contributed by atoms with E-state index in [1.165, 1.54) is 62.4 Å². The Morgan fingerprint density at radius 2 is 1.78 bits per heavy atom. The van der Waals surface area contributed by atoms with Crippen molar-refractivity contribution in [3.05, 3.63) is 86.6 Å². The van der Waals surface area contributed by atoms with Crippen LogP contribution in [-0.2, 0) is 14.3 Å². The molecule has 3 atom stereocenters. The number of carbonyl (C=O) groups is 4. The number of nitrogens with one attached hydrogen (secondary N) is 2. The van der Waals surface area contributed by atoms with Crippen LogP contribution in [0.3, 0.4) is 0 Å². The molecular weight excluding hydrogens is 474 g/mol. The predicted octanol–water partition coefficient (Wildman–Crippen LogP) is 1.82. The number of benzene rings is 2. The van der Waals surface area contributed by atoms with E-state index in [1.807, 2.05) is 0 Å². The number of rotatable bonds is 7. The number of carboxylic acids is 2. The summed E-state index contributed by atoms with van der Waals surface area (Å²) < 4.78 is 5.59. The Balaban J connectivity index is 1.82. The molecule has 2 aromatic carbocycles. The Kier molecular flexibility index (Phi) is 5.75. The van der Waals surface area contributed by atoms with Gasteiger partial charge in [0.05, 0.1) is 34.1 Å². The zero-order valence-electron chi connectivity index (χ0n) is 19.1. The van der Waals surface area contributed by atoms with Gasteiger partial charge in [-0.05, 0) is 31.5 Å². The zero-order chi connectivity index (χ0) is 26.4. The number of nitro groups is 1. The summed E-state index contributed by atoms with van der Waals surface area (Å²) in [5, 5.41) is 36.3. The smallest absolute Gasteiger partial charge is 0.336 e. The summed E-state index contributed by atoms with van der Waals surface area (Å²) in [6.45, 7) is 2.55. The van der Waals surface area contributed by atoms with Crippen LogP contribution in [0.2, 0.25) is 0 Å².